The van der Waals surface area contributed by atoms with Crippen LogP contribution < -0.4 is 0 Å². The Morgan fingerprint density at radius 1 is 1.70 bits per heavy atom. The van der Waals surface area contributed by atoms with Gasteiger partial charge < -0.3 is 9.94 Å². The van der Waals surface area contributed by atoms with Gasteiger partial charge in [-0.1, -0.05) is 5.16 Å². The molecule has 0 aromatic heterocycles. The lowest BCUT2D eigenvalue weighted by Crippen LogP contribution is -2.28. The number of ether oxygens (including phenoxy) is 1. The Labute approximate surface area is 60.0 Å². The van der Waals surface area contributed by atoms with Crippen LogP contribution in [-0.4, -0.2) is 16.5 Å². The maximum Gasteiger partial charge on any atom is 0.108 e. The van der Waals surface area contributed by atoms with Crippen LogP contribution >= 0.6 is 0 Å². The molecule has 0 unspecified atom stereocenters. The molecule has 0 aliphatic carbocycles. The van der Waals surface area contributed by atoms with Gasteiger partial charge in [-0.3, -0.25) is 0 Å². The van der Waals surface area contributed by atoms with E-state index in [0.717, 1.165) is 0 Å². The van der Waals surface area contributed by atoms with Gasteiger partial charge in [-0.15, -0.1) is 0 Å². The number of hydrogen-bond donors (Lipinski definition) is 1. The summed E-state index contributed by atoms with van der Waals surface area (Å²) in [5.41, 5.74) is 0.437. The Hall–Kier alpha value is -0.990. The minimum atomic E-state index is -0.226. The number of hydrogen-bond acceptors (Lipinski definition) is 3. The molecule has 1 N–H and O–H groups in total. The summed E-state index contributed by atoms with van der Waals surface area (Å²) >= 11 is 0. The van der Waals surface area contributed by atoms with Gasteiger partial charge in [0.1, 0.15) is 5.60 Å². The maximum absolute atomic E-state index is 8.40. The van der Waals surface area contributed by atoms with Crippen molar-refractivity contribution in [2.24, 2.45) is 5.16 Å². The lowest BCUT2D eigenvalue weighted by atomic mass is 10.00. The van der Waals surface area contributed by atoms with Gasteiger partial charge in [0.25, 0.3) is 0 Å². The fraction of sp³-hybridized carbons (Fsp3) is 0.571. The first-order valence-electron chi connectivity index (χ1n) is 3.19. The zero-order valence-electron chi connectivity index (χ0n) is 6.16. The normalized spacial score (nSPS) is 26.4. The second kappa shape index (κ2) is 2.33. The van der Waals surface area contributed by atoms with Gasteiger partial charge in [0, 0.05) is 6.42 Å². The van der Waals surface area contributed by atoms with Crippen molar-refractivity contribution >= 4 is 5.71 Å². The minimum absolute atomic E-state index is 0.226. The minimum Gasteiger partial charge on any atom is -0.495 e. The van der Waals surface area contributed by atoms with E-state index in [9.17, 15) is 0 Å². The van der Waals surface area contributed by atoms with Crippen LogP contribution in [0.5, 0.6) is 0 Å². The lowest BCUT2D eigenvalue weighted by molar-refractivity contribution is 0.0597. The van der Waals surface area contributed by atoms with Crippen LogP contribution in [0, 0.1) is 0 Å². The van der Waals surface area contributed by atoms with Gasteiger partial charge in [-0.2, -0.15) is 0 Å². The van der Waals surface area contributed by atoms with Crippen molar-refractivity contribution in [1.82, 2.24) is 0 Å². The fourth-order valence-electron chi connectivity index (χ4n) is 0.902. The highest BCUT2D eigenvalue weighted by atomic mass is 16.5. The van der Waals surface area contributed by atoms with Crippen LogP contribution in [0.2, 0.25) is 0 Å². The van der Waals surface area contributed by atoms with Crippen LogP contribution in [0.3, 0.4) is 0 Å². The average molecular weight is 141 g/mol. The number of allylic oxidation sites excluding steroid dienone is 1. The number of oxime groups is 1. The predicted octanol–water partition coefficient (Wildman–Crippen LogP) is 1.53. The van der Waals surface area contributed by atoms with Crippen molar-refractivity contribution in [3.05, 3.63) is 12.3 Å². The Morgan fingerprint density at radius 2 is 2.40 bits per heavy atom. The van der Waals surface area contributed by atoms with Gasteiger partial charge in [0.2, 0.25) is 0 Å². The summed E-state index contributed by atoms with van der Waals surface area (Å²) in [7, 11) is 0. The Bertz CT molecular complexity index is 182. The molecule has 0 aromatic carbocycles. The van der Waals surface area contributed by atoms with Crippen molar-refractivity contribution in [1.29, 1.82) is 0 Å². The van der Waals surface area contributed by atoms with Crippen LogP contribution in [0.1, 0.15) is 20.3 Å². The lowest BCUT2D eigenvalue weighted by Gasteiger charge is -2.26. The first-order chi connectivity index (χ1) is 4.64. The summed E-state index contributed by atoms with van der Waals surface area (Å²) in [6.45, 7) is 3.89. The van der Waals surface area contributed by atoms with E-state index in [2.05, 4.69) is 5.16 Å². The molecular formula is C7H11NO2. The molecule has 0 amide bonds. The predicted molar refractivity (Wildman–Crippen MR) is 38.1 cm³/mol. The highest BCUT2D eigenvalue weighted by molar-refractivity contribution is 5.95. The molecule has 1 rings (SSSR count). The summed E-state index contributed by atoms with van der Waals surface area (Å²) in [5, 5.41) is 11.5. The van der Waals surface area contributed by atoms with Gasteiger partial charge in [0.05, 0.1) is 12.0 Å². The van der Waals surface area contributed by atoms with E-state index in [1.54, 1.807) is 12.3 Å². The SMILES string of the molecule is CC1(C)C/C(=N/O)C=CO1. The van der Waals surface area contributed by atoms with E-state index < -0.39 is 0 Å². The van der Waals surface area contributed by atoms with Crippen LogP contribution in [-0.2, 0) is 4.74 Å². The van der Waals surface area contributed by atoms with E-state index in [4.69, 9.17) is 9.94 Å². The van der Waals surface area contributed by atoms with Crippen molar-refractivity contribution in [3.63, 3.8) is 0 Å². The molecule has 10 heavy (non-hydrogen) atoms. The van der Waals surface area contributed by atoms with Crippen LogP contribution in [0.25, 0.3) is 0 Å². The third-order valence-corrected chi connectivity index (χ3v) is 1.38. The summed E-state index contributed by atoms with van der Waals surface area (Å²) in [5.74, 6) is 0. The molecule has 0 spiro atoms. The molecule has 0 aromatic rings. The molecule has 0 fully saturated rings. The molecule has 0 saturated carbocycles. The summed E-state index contributed by atoms with van der Waals surface area (Å²) in [6, 6.07) is 0. The van der Waals surface area contributed by atoms with Gasteiger partial charge >= 0.3 is 0 Å². The molecule has 56 valence electrons. The van der Waals surface area contributed by atoms with E-state index in [0.29, 0.717) is 12.1 Å². The molecule has 1 aliphatic rings. The number of rotatable bonds is 0. The molecule has 1 aliphatic heterocycles. The molecule has 0 atom stereocenters. The molecule has 0 radical (unpaired) electrons. The van der Waals surface area contributed by atoms with Crippen LogP contribution in [0.15, 0.2) is 17.5 Å². The quantitative estimate of drug-likeness (QED) is 0.410. The second-order valence-corrected chi connectivity index (χ2v) is 2.95. The van der Waals surface area contributed by atoms with Crippen molar-refractivity contribution in [2.45, 2.75) is 25.9 Å². The van der Waals surface area contributed by atoms with Gasteiger partial charge in [-0.05, 0) is 19.9 Å². The Kier molecular flexibility index (Phi) is 1.66. The molecule has 0 saturated heterocycles. The zero-order valence-corrected chi connectivity index (χ0v) is 6.16. The highest BCUT2D eigenvalue weighted by Crippen LogP contribution is 2.19. The fourth-order valence-corrected chi connectivity index (χ4v) is 0.902. The third kappa shape index (κ3) is 1.50. The summed E-state index contributed by atoms with van der Waals surface area (Å²) < 4.78 is 5.22. The van der Waals surface area contributed by atoms with Crippen molar-refractivity contribution in [3.8, 4) is 0 Å². The summed E-state index contributed by atoms with van der Waals surface area (Å²) in [4.78, 5) is 0. The smallest absolute Gasteiger partial charge is 0.108 e. The molecule has 0 bridgehead atoms. The van der Waals surface area contributed by atoms with E-state index >= 15 is 0 Å². The molecule has 3 nitrogen and oxygen atoms in total. The van der Waals surface area contributed by atoms with Gasteiger partial charge in [-0.25, -0.2) is 0 Å². The van der Waals surface area contributed by atoms with Crippen LogP contribution in [0.4, 0.5) is 0 Å². The maximum atomic E-state index is 8.40. The second-order valence-electron chi connectivity index (χ2n) is 2.95. The van der Waals surface area contributed by atoms with Crippen molar-refractivity contribution < 1.29 is 9.94 Å². The topological polar surface area (TPSA) is 41.8 Å². The third-order valence-electron chi connectivity index (χ3n) is 1.38. The number of nitrogens with zero attached hydrogens (tertiary/aromatic N) is 1. The first kappa shape index (κ1) is 7.12. The molecular weight excluding hydrogens is 130 g/mol. The van der Waals surface area contributed by atoms with E-state index in [1.807, 2.05) is 13.8 Å². The van der Waals surface area contributed by atoms with E-state index in [-0.39, 0.29) is 5.60 Å². The highest BCUT2D eigenvalue weighted by Gasteiger charge is 2.23. The summed E-state index contributed by atoms with van der Waals surface area (Å²) in [6.07, 6.45) is 3.86. The Balaban J connectivity index is 2.73. The van der Waals surface area contributed by atoms with Crippen molar-refractivity contribution in [2.75, 3.05) is 0 Å². The van der Waals surface area contributed by atoms with Gasteiger partial charge in [0.15, 0.2) is 0 Å². The first-order valence-corrected chi connectivity index (χ1v) is 3.19. The average Bonchev–Trinajstić information content (AvgIpc) is 1.86. The van der Waals surface area contributed by atoms with E-state index in [1.165, 1.54) is 0 Å². The standard InChI is InChI=1S/C7H11NO2/c1-7(2)5-6(8-9)3-4-10-7/h3-4,9H,5H2,1-2H3/b8-6+. The largest absolute Gasteiger partial charge is 0.495 e. The Morgan fingerprint density at radius 3 is 2.80 bits per heavy atom. The molecule has 3 heteroatoms. The monoisotopic (exact) mass is 141 g/mol. The zero-order chi connectivity index (χ0) is 7.61. The molecule has 1 heterocycles.